The van der Waals surface area contributed by atoms with Crippen LogP contribution in [0.3, 0.4) is 0 Å². The fourth-order valence-electron chi connectivity index (χ4n) is 2.54. The summed E-state index contributed by atoms with van der Waals surface area (Å²) < 4.78 is 5.34. The quantitative estimate of drug-likeness (QED) is 0.920. The molecule has 4 heteroatoms. The average molecular weight is 277 g/mol. The third kappa shape index (κ3) is 3.73. The number of aromatic hydroxyl groups is 1. The van der Waals surface area contributed by atoms with E-state index in [1.165, 1.54) is 0 Å². The molecule has 0 atom stereocenters. The number of hydrogen-bond acceptors (Lipinski definition) is 3. The summed E-state index contributed by atoms with van der Waals surface area (Å²) in [5.74, 6) is 0.585. The number of phenols is 1. The highest BCUT2D eigenvalue weighted by atomic mass is 16.5. The van der Waals surface area contributed by atoms with Crippen LogP contribution < -0.4 is 0 Å². The van der Waals surface area contributed by atoms with Gasteiger partial charge in [0.2, 0.25) is 0 Å². The molecule has 0 aromatic heterocycles. The molecule has 1 N–H and O–H groups in total. The number of carbonyl (C=O) groups is 1. The maximum Gasteiger partial charge on any atom is 0.257 e. The largest absolute Gasteiger partial charge is 0.507 e. The number of benzene rings is 1. The van der Waals surface area contributed by atoms with E-state index in [9.17, 15) is 9.90 Å². The zero-order valence-electron chi connectivity index (χ0n) is 12.3. The monoisotopic (exact) mass is 277 g/mol. The Morgan fingerprint density at radius 1 is 1.40 bits per heavy atom. The van der Waals surface area contributed by atoms with E-state index in [1.54, 1.807) is 30.1 Å². The molecule has 1 aromatic rings. The molecular formula is C16H23NO3. The van der Waals surface area contributed by atoms with Crippen molar-refractivity contribution in [3.63, 3.8) is 0 Å². The van der Waals surface area contributed by atoms with Gasteiger partial charge in [-0.15, -0.1) is 0 Å². The number of ether oxygens (including phenoxy) is 1. The molecule has 0 saturated carbocycles. The molecule has 1 heterocycles. The SMILES string of the molecule is Cc1ccc(O)c(C(=O)N(C)CCC2CCOCC2)c1. The summed E-state index contributed by atoms with van der Waals surface area (Å²) in [7, 11) is 1.80. The summed E-state index contributed by atoms with van der Waals surface area (Å²) in [4.78, 5) is 14.0. The number of carbonyl (C=O) groups excluding carboxylic acids is 1. The molecule has 1 fully saturated rings. The molecule has 1 saturated heterocycles. The first-order valence-corrected chi connectivity index (χ1v) is 7.20. The van der Waals surface area contributed by atoms with Crippen LogP contribution in [0.5, 0.6) is 5.75 Å². The van der Waals surface area contributed by atoms with Gasteiger partial charge in [0.25, 0.3) is 5.91 Å². The van der Waals surface area contributed by atoms with Crippen molar-refractivity contribution in [2.45, 2.75) is 26.2 Å². The molecule has 0 aliphatic carbocycles. The van der Waals surface area contributed by atoms with Crippen LogP contribution in [0.25, 0.3) is 0 Å². The summed E-state index contributed by atoms with van der Waals surface area (Å²) in [5, 5.41) is 9.81. The second kappa shape index (κ2) is 6.75. The summed E-state index contributed by atoms with van der Waals surface area (Å²) >= 11 is 0. The second-order valence-corrected chi connectivity index (χ2v) is 5.59. The first kappa shape index (κ1) is 14.9. The number of rotatable bonds is 4. The Hall–Kier alpha value is -1.55. The van der Waals surface area contributed by atoms with Gasteiger partial charge < -0.3 is 14.7 Å². The van der Waals surface area contributed by atoms with E-state index in [-0.39, 0.29) is 11.7 Å². The maximum absolute atomic E-state index is 12.3. The third-order valence-electron chi connectivity index (χ3n) is 3.94. The van der Waals surface area contributed by atoms with Crippen LogP contribution >= 0.6 is 0 Å². The molecule has 20 heavy (non-hydrogen) atoms. The van der Waals surface area contributed by atoms with Crippen molar-refractivity contribution < 1.29 is 14.6 Å². The Balaban J connectivity index is 1.92. The van der Waals surface area contributed by atoms with E-state index < -0.39 is 0 Å². The van der Waals surface area contributed by atoms with Crippen LogP contribution in [0.2, 0.25) is 0 Å². The van der Waals surface area contributed by atoms with Gasteiger partial charge in [-0.05, 0) is 44.2 Å². The van der Waals surface area contributed by atoms with Gasteiger partial charge in [0.1, 0.15) is 5.75 Å². The van der Waals surface area contributed by atoms with Crippen LogP contribution in [0, 0.1) is 12.8 Å². The van der Waals surface area contributed by atoms with Crippen molar-refractivity contribution in [2.75, 3.05) is 26.8 Å². The summed E-state index contributed by atoms with van der Waals surface area (Å²) in [6.07, 6.45) is 3.16. The highest BCUT2D eigenvalue weighted by Gasteiger charge is 2.19. The van der Waals surface area contributed by atoms with Gasteiger partial charge in [-0.2, -0.15) is 0 Å². The van der Waals surface area contributed by atoms with E-state index in [0.29, 0.717) is 11.5 Å². The summed E-state index contributed by atoms with van der Waals surface area (Å²) in [5.41, 5.74) is 1.36. The maximum atomic E-state index is 12.3. The lowest BCUT2D eigenvalue weighted by molar-refractivity contribution is 0.0583. The molecule has 1 aromatic carbocycles. The van der Waals surface area contributed by atoms with E-state index in [1.807, 2.05) is 6.92 Å². The minimum atomic E-state index is -0.113. The molecule has 1 aliphatic rings. The summed E-state index contributed by atoms with van der Waals surface area (Å²) in [6, 6.07) is 5.12. The molecule has 110 valence electrons. The Labute approximate surface area is 120 Å². The number of nitrogens with zero attached hydrogens (tertiary/aromatic N) is 1. The lowest BCUT2D eigenvalue weighted by atomic mass is 9.96. The predicted octanol–water partition coefficient (Wildman–Crippen LogP) is 2.59. The third-order valence-corrected chi connectivity index (χ3v) is 3.94. The zero-order valence-corrected chi connectivity index (χ0v) is 12.3. The van der Waals surface area contributed by atoms with Crippen molar-refractivity contribution in [1.29, 1.82) is 0 Å². The van der Waals surface area contributed by atoms with E-state index in [0.717, 1.165) is 44.6 Å². The van der Waals surface area contributed by atoms with Crippen molar-refractivity contribution in [3.05, 3.63) is 29.3 Å². The van der Waals surface area contributed by atoms with Crippen molar-refractivity contribution >= 4 is 5.91 Å². The molecule has 1 aliphatic heterocycles. The second-order valence-electron chi connectivity index (χ2n) is 5.59. The fourth-order valence-corrected chi connectivity index (χ4v) is 2.54. The molecule has 1 amide bonds. The van der Waals surface area contributed by atoms with Gasteiger partial charge in [-0.1, -0.05) is 11.6 Å². The van der Waals surface area contributed by atoms with Crippen LogP contribution in [0.4, 0.5) is 0 Å². The first-order chi connectivity index (χ1) is 9.58. The lowest BCUT2D eigenvalue weighted by Gasteiger charge is -2.25. The van der Waals surface area contributed by atoms with Crippen molar-refractivity contribution in [2.24, 2.45) is 5.92 Å². The Bertz CT molecular complexity index is 467. The van der Waals surface area contributed by atoms with Crippen LogP contribution in [-0.4, -0.2) is 42.7 Å². The normalized spacial score (nSPS) is 16.1. The van der Waals surface area contributed by atoms with Crippen LogP contribution in [0.1, 0.15) is 35.2 Å². The number of phenolic OH excluding ortho intramolecular Hbond substituents is 1. The Kier molecular flexibility index (Phi) is 5.01. The molecular weight excluding hydrogens is 254 g/mol. The minimum Gasteiger partial charge on any atom is -0.507 e. The smallest absolute Gasteiger partial charge is 0.257 e. The summed E-state index contributed by atoms with van der Waals surface area (Å²) in [6.45, 7) is 4.30. The number of amides is 1. The predicted molar refractivity (Wildman–Crippen MR) is 78.0 cm³/mol. The number of aryl methyl sites for hydroxylation is 1. The molecule has 4 nitrogen and oxygen atoms in total. The lowest BCUT2D eigenvalue weighted by Crippen LogP contribution is -2.30. The fraction of sp³-hybridized carbons (Fsp3) is 0.562. The Morgan fingerprint density at radius 3 is 2.80 bits per heavy atom. The van der Waals surface area contributed by atoms with E-state index in [4.69, 9.17) is 4.74 Å². The Morgan fingerprint density at radius 2 is 2.10 bits per heavy atom. The van der Waals surface area contributed by atoms with Gasteiger partial charge in [0, 0.05) is 26.8 Å². The van der Waals surface area contributed by atoms with Crippen molar-refractivity contribution in [3.8, 4) is 5.75 Å². The minimum absolute atomic E-state index is 0.0542. The molecule has 0 radical (unpaired) electrons. The molecule has 0 bridgehead atoms. The topological polar surface area (TPSA) is 49.8 Å². The average Bonchev–Trinajstić information content (AvgIpc) is 2.47. The molecule has 0 unspecified atom stereocenters. The van der Waals surface area contributed by atoms with Gasteiger partial charge in [-0.25, -0.2) is 0 Å². The standard InChI is InChI=1S/C16H23NO3/c1-12-3-4-15(18)14(11-12)16(19)17(2)8-5-13-6-9-20-10-7-13/h3-4,11,13,18H,5-10H2,1-2H3. The van der Waals surface area contributed by atoms with Gasteiger partial charge in [-0.3, -0.25) is 4.79 Å². The molecule has 2 rings (SSSR count). The highest BCUT2D eigenvalue weighted by Crippen LogP contribution is 2.22. The van der Waals surface area contributed by atoms with Crippen LogP contribution in [-0.2, 0) is 4.74 Å². The van der Waals surface area contributed by atoms with Gasteiger partial charge >= 0.3 is 0 Å². The molecule has 0 spiro atoms. The highest BCUT2D eigenvalue weighted by molar-refractivity contribution is 5.96. The van der Waals surface area contributed by atoms with Crippen LogP contribution in [0.15, 0.2) is 18.2 Å². The van der Waals surface area contributed by atoms with Gasteiger partial charge in [0.15, 0.2) is 0 Å². The zero-order chi connectivity index (χ0) is 14.5. The first-order valence-electron chi connectivity index (χ1n) is 7.20. The van der Waals surface area contributed by atoms with Gasteiger partial charge in [0.05, 0.1) is 5.56 Å². The van der Waals surface area contributed by atoms with E-state index >= 15 is 0 Å². The van der Waals surface area contributed by atoms with E-state index in [2.05, 4.69) is 0 Å². The van der Waals surface area contributed by atoms with Crippen molar-refractivity contribution in [1.82, 2.24) is 4.90 Å². The number of hydrogen-bond donors (Lipinski definition) is 1.